The van der Waals surface area contributed by atoms with Gasteiger partial charge in [0.1, 0.15) is 0 Å². The maximum atomic E-state index is 5.64. The molecule has 1 aliphatic heterocycles. The van der Waals surface area contributed by atoms with Gasteiger partial charge in [0.25, 0.3) is 0 Å². The zero-order valence-corrected chi connectivity index (χ0v) is 12.7. The normalized spacial score (nSPS) is 24.4. The molecule has 2 nitrogen and oxygen atoms in total. The standard InChI is InChI=1S/C15H22BrNO/c1-11(2)17-15-7-8-18-10-13(15)9-12-3-5-14(16)6-4-12/h3-6,11,13,15,17H,7-10H2,1-2H3/t13-,15-/m0/s1. The highest BCUT2D eigenvalue weighted by Gasteiger charge is 2.26. The molecule has 0 amide bonds. The van der Waals surface area contributed by atoms with Crippen LogP contribution in [0.2, 0.25) is 0 Å². The van der Waals surface area contributed by atoms with Crippen molar-refractivity contribution in [2.24, 2.45) is 5.92 Å². The summed E-state index contributed by atoms with van der Waals surface area (Å²) in [6, 6.07) is 9.76. The van der Waals surface area contributed by atoms with Crippen molar-refractivity contribution in [1.29, 1.82) is 0 Å². The predicted octanol–water partition coefficient (Wildman–Crippen LogP) is 3.39. The Morgan fingerprint density at radius 1 is 1.33 bits per heavy atom. The molecule has 1 saturated heterocycles. The minimum atomic E-state index is 0.542. The Labute approximate surface area is 118 Å². The van der Waals surface area contributed by atoms with Crippen LogP contribution in [0.25, 0.3) is 0 Å². The minimum Gasteiger partial charge on any atom is -0.381 e. The van der Waals surface area contributed by atoms with Crippen LogP contribution in [0.4, 0.5) is 0 Å². The van der Waals surface area contributed by atoms with Gasteiger partial charge in [-0.1, -0.05) is 41.9 Å². The monoisotopic (exact) mass is 311 g/mol. The molecule has 1 aromatic carbocycles. The molecule has 1 aliphatic rings. The molecular formula is C15H22BrNO. The summed E-state index contributed by atoms with van der Waals surface area (Å²) in [4.78, 5) is 0. The highest BCUT2D eigenvalue weighted by molar-refractivity contribution is 9.10. The summed E-state index contributed by atoms with van der Waals surface area (Å²) in [5, 5.41) is 3.67. The number of benzene rings is 1. The fourth-order valence-corrected chi connectivity index (χ4v) is 2.83. The van der Waals surface area contributed by atoms with Crippen LogP contribution in [0.5, 0.6) is 0 Å². The largest absolute Gasteiger partial charge is 0.381 e. The zero-order valence-electron chi connectivity index (χ0n) is 11.2. The molecule has 1 fully saturated rings. The Kier molecular flexibility index (Phi) is 5.22. The van der Waals surface area contributed by atoms with E-state index in [2.05, 4.69) is 59.4 Å². The third kappa shape index (κ3) is 4.08. The van der Waals surface area contributed by atoms with Gasteiger partial charge in [0.15, 0.2) is 0 Å². The van der Waals surface area contributed by atoms with Crippen molar-refractivity contribution in [1.82, 2.24) is 5.32 Å². The van der Waals surface area contributed by atoms with Crippen molar-refractivity contribution in [3.63, 3.8) is 0 Å². The van der Waals surface area contributed by atoms with E-state index in [4.69, 9.17) is 4.74 Å². The summed E-state index contributed by atoms with van der Waals surface area (Å²) in [7, 11) is 0. The second-order valence-electron chi connectivity index (χ2n) is 5.38. The molecule has 2 atom stereocenters. The van der Waals surface area contributed by atoms with Crippen molar-refractivity contribution < 1.29 is 4.74 Å². The van der Waals surface area contributed by atoms with Gasteiger partial charge in [-0.3, -0.25) is 0 Å². The maximum Gasteiger partial charge on any atom is 0.0512 e. The van der Waals surface area contributed by atoms with Gasteiger partial charge in [-0.2, -0.15) is 0 Å². The van der Waals surface area contributed by atoms with Crippen LogP contribution in [-0.2, 0) is 11.2 Å². The summed E-state index contributed by atoms with van der Waals surface area (Å²) in [5.74, 6) is 0.585. The van der Waals surface area contributed by atoms with Crippen molar-refractivity contribution in [2.75, 3.05) is 13.2 Å². The van der Waals surface area contributed by atoms with Crippen LogP contribution in [0.3, 0.4) is 0 Å². The van der Waals surface area contributed by atoms with E-state index in [9.17, 15) is 0 Å². The first-order chi connectivity index (χ1) is 8.65. The first-order valence-corrected chi connectivity index (χ1v) is 7.52. The summed E-state index contributed by atoms with van der Waals surface area (Å²) in [5.41, 5.74) is 1.39. The first-order valence-electron chi connectivity index (χ1n) is 6.73. The van der Waals surface area contributed by atoms with E-state index in [0.717, 1.165) is 30.5 Å². The van der Waals surface area contributed by atoms with Gasteiger partial charge in [0, 0.05) is 29.1 Å². The van der Waals surface area contributed by atoms with Crippen LogP contribution >= 0.6 is 15.9 Å². The number of nitrogens with one attached hydrogen (secondary N) is 1. The van der Waals surface area contributed by atoms with Crippen LogP contribution in [0, 0.1) is 5.92 Å². The lowest BCUT2D eigenvalue weighted by Crippen LogP contribution is -2.46. The molecule has 0 unspecified atom stereocenters. The Bertz CT molecular complexity index is 363. The average Bonchev–Trinajstić information content (AvgIpc) is 2.34. The number of rotatable bonds is 4. The molecular weight excluding hydrogens is 290 g/mol. The van der Waals surface area contributed by atoms with E-state index in [1.165, 1.54) is 5.56 Å². The fraction of sp³-hybridized carbons (Fsp3) is 0.600. The van der Waals surface area contributed by atoms with Gasteiger partial charge in [-0.15, -0.1) is 0 Å². The van der Waals surface area contributed by atoms with Crippen molar-refractivity contribution in [3.05, 3.63) is 34.3 Å². The van der Waals surface area contributed by atoms with Crippen LogP contribution in [-0.4, -0.2) is 25.3 Å². The molecule has 100 valence electrons. The van der Waals surface area contributed by atoms with Crippen molar-refractivity contribution in [2.45, 2.75) is 38.8 Å². The van der Waals surface area contributed by atoms with Gasteiger partial charge in [-0.05, 0) is 30.5 Å². The van der Waals surface area contributed by atoms with Gasteiger partial charge >= 0.3 is 0 Å². The Morgan fingerprint density at radius 2 is 2.06 bits per heavy atom. The van der Waals surface area contributed by atoms with E-state index < -0.39 is 0 Å². The number of ether oxygens (including phenoxy) is 1. The van der Waals surface area contributed by atoms with Crippen LogP contribution in [0.1, 0.15) is 25.8 Å². The number of hydrogen-bond donors (Lipinski definition) is 1. The Hall–Kier alpha value is -0.380. The van der Waals surface area contributed by atoms with Gasteiger partial charge in [0.2, 0.25) is 0 Å². The summed E-state index contributed by atoms with van der Waals surface area (Å²) >= 11 is 3.48. The molecule has 0 bridgehead atoms. The third-order valence-corrected chi connectivity index (χ3v) is 3.96. The van der Waals surface area contributed by atoms with Crippen LogP contribution < -0.4 is 5.32 Å². The van der Waals surface area contributed by atoms with E-state index in [-0.39, 0.29) is 0 Å². The van der Waals surface area contributed by atoms with Gasteiger partial charge < -0.3 is 10.1 Å². The topological polar surface area (TPSA) is 21.3 Å². The van der Waals surface area contributed by atoms with E-state index in [1.807, 2.05) is 0 Å². The second kappa shape index (κ2) is 6.69. The fourth-order valence-electron chi connectivity index (χ4n) is 2.57. The molecule has 3 heteroatoms. The van der Waals surface area contributed by atoms with Gasteiger partial charge in [0.05, 0.1) is 6.61 Å². The molecule has 1 N–H and O–H groups in total. The summed E-state index contributed by atoms with van der Waals surface area (Å²) < 4.78 is 6.78. The highest BCUT2D eigenvalue weighted by Crippen LogP contribution is 2.21. The maximum absolute atomic E-state index is 5.64. The van der Waals surface area contributed by atoms with Crippen molar-refractivity contribution >= 4 is 15.9 Å². The predicted molar refractivity (Wildman–Crippen MR) is 78.8 cm³/mol. The number of hydrogen-bond acceptors (Lipinski definition) is 2. The number of halogens is 1. The Balaban J connectivity index is 1.98. The summed E-state index contributed by atoms with van der Waals surface area (Å²) in [6.45, 7) is 6.19. The molecule has 0 spiro atoms. The minimum absolute atomic E-state index is 0.542. The molecule has 18 heavy (non-hydrogen) atoms. The second-order valence-corrected chi connectivity index (χ2v) is 6.30. The zero-order chi connectivity index (χ0) is 13.0. The highest BCUT2D eigenvalue weighted by atomic mass is 79.9. The lowest BCUT2D eigenvalue weighted by Gasteiger charge is -2.33. The quantitative estimate of drug-likeness (QED) is 0.920. The lowest BCUT2D eigenvalue weighted by atomic mass is 9.89. The molecule has 1 aromatic rings. The Morgan fingerprint density at radius 3 is 2.72 bits per heavy atom. The average molecular weight is 312 g/mol. The van der Waals surface area contributed by atoms with Crippen molar-refractivity contribution in [3.8, 4) is 0 Å². The van der Waals surface area contributed by atoms with Crippen LogP contribution in [0.15, 0.2) is 28.7 Å². The third-order valence-electron chi connectivity index (χ3n) is 3.43. The molecule has 0 aromatic heterocycles. The van der Waals surface area contributed by atoms with Gasteiger partial charge in [-0.25, -0.2) is 0 Å². The van der Waals surface area contributed by atoms with E-state index in [0.29, 0.717) is 18.0 Å². The molecule has 2 rings (SSSR count). The molecule has 1 heterocycles. The molecule has 0 aliphatic carbocycles. The van der Waals surface area contributed by atoms with E-state index >= 15 is 0 Å². The molecule has 0 radical (unpaired) electrons. The SMILES string of the molecule is CC(C)N[C@H]1CCOC[C@@H]1Cc1ccc(Br)cc1. The van der Waals surface area contributed by atoms with E-state index in [1.54, 1.807) is 0 Å². The summed E-state index contributed by atoms with van der Waals surface area (Å²) in [6.07, 6.45) is 2.22. The smallest absolute Gasteiger partial charge is 0.0512 e. The first kappa shape index (κ1) is 14.0. The lowest BCUT2D eigenvalue weighted by molar-refractivity contribution is 0.0300. The molecule has 0 saturated carbocycles.